The predicted octanol–water partition coefficient (Wildman–Crippen LogP) is -0.177. The van der Waals surface area contributed by atoms with Gasteiger partial charge in [-0.1, -0.05) is 0 Å². The van der Waals surface area contributed by atoms with Crippen LogP contribution in [0.1, 0.15) is 13.3 Å². The van der Waals surface area contributed by atoms with Crippen LogP contribution in [-0.2, 0) is 9.47 Å². The lowest BCUT2D eigenvalue weighted by atomic mass is 10.1. The van der Waals surface area contributed by atoms with Crippen LogP contribution in [0.15, 0.2) is 0 Å². The molecule has 0 saturated carbocycles. The monoisotopic (exact) mass is 200 g/mol. The van der Waals surface area contributed by atoms with Crippen molar-refractivity contribution in [3.8, 4) is 0 Å². The van der Waals surface area contributed by atoms with Crippen molar-refractivity contribution in [1.29, 1.82) is 0 Å². The second-order valence-electron chi connectivity index (χ2n) is 4.16. The van der Waals surface area contributed by atoms with Gasteiger partial charge in [-0.25, -0.2) is 0 Å². The molecule has 2 aliphatic heterocycles. The zero-order chi connectivity index (χ0) is 9.97. The molecule has 4 heteroatoms. The Balaban J connectivity index is 1.90. The number of ether oxygens (including phenoxy) is 2. The maximum atomic E-state index is 5.62. The van der Waals surface area contributed by atoms with Crippen molar-refractivity contribution in [2.24, 2.45) is 5.73 Å². The Morgan fingerprint density at radius 3 is 2.86 bits per heavy atom. The average molecular weight is 200 g/mol. The predicted molar refractivity (Wildman–Crippen MR) is 54.2 cm³/mol. The van der Waals surface area contributed by atoms with Crippen LogP contribution in [0.5, 0.6) is 0 Å². The summed E-state index contributed by atoms with van der Waals surface area (Å²) in [5.74, 6) is 0. The molecule has 0 bridgehead atoms. The first kappa shape index (κ1) is 10.4. The Kier molecular flexibility index (Phi) is 3.38. The standard InChI is InChI=1S/C10H20N2O2/c1-8-10(2-4-13-8)12-3-5-14-9(6-11)7-12/h8-10H,2-7,11H2,1H3. The van der Waals surface area contributed by atoms with Crippen molar-refractivity contribution in [2.75, 3.05) is 32.8 Å². The van der Waals surface area contributed by atoms with Gasteiger partial charge in [-0.15, -0.1) is 0 Å². The molecule has 2 N–H and O–H groups in total. The van der Waals surface area contributed by atoms with Crippen molar-refractivity contribution in [1.82, 2.24) is 4.90 Å². The molecule has 2 saturated heterocycles. The fraction of sp³-hybridized carbons (Fsp3) is 1.00. The number of hydrogen-bond donors (Lipinski definition) is 1. The van der Waals surface area contributed by atoms with Gasteiger partial charge in [0.2, 0.25) is 0 Å². The Labute approximate surface area is 85.3 Å². The number of morpholine rings is 1. The molecular weight excluding hydrogens is 180 g/mol. The highest BCUT2D eigenvalue weighted by Crippen LogP contribution is 2.21. The summed E-state index contributed by atoms with van der Waals surface area (Å²) in [6.45, 7) is 6.48. The summed E-state index contributed by atoms with van der Waals surface area (Å²) in [5.41, 5.74) is 5.62. The minimum absolute atomic E-state index is 0.219. The van der Waals surface area contributed by atoms with Crippen molar-refractivity contribution >= 4 is 0 Å². The molecule has 82 valence electrons. The van der Waals surface area contributed by atoms with Crippen LogP contribution in [0.2, 0.25) is 0 Å². The zero-order valence-electron chi connectivity index (χ0n) is 8.82. The molecule has 14 heavy (non-hydrogen) atoms. The highest BCUT2D eigenvalue weighted by Gasteiger charge is 2.32. The molecule has 0 radical (unpaired) electrons. The second kappa shape index (κ2) is 4.57. The highest BCUT2D eigenvalue weighted by molar-refractivity contribution is 4.85. The van der Waals surface area contributed by atoms with E-state index < -0.39 is 0 Å². The molecule has 2 fully saturated rings. The highest BCUT2D eigenvalue weighted by atomic mass is 16.5. The van der Waals surface area contributed by atoms with E-state index in [4.69, 9.17) is 15.2 Å². The molecule has 3 unspecified atom stereocenters. The van der Waals surface area contributed by atoms with Crippen molar-refractivity contribution in [3.63, 3.8) is 0 Å². The maximum absolute atomic E-state index is 5.62. The molecular formula is C10H20N2O2. The number of nitrogens with two attached hydrogens (primary N) is 1. The molecule has 2 aliphatic rings. The van der Waals surface area contributed by atoms with Gasteiger partial charge in [0, 0.05) is 32.3 Å². The van der Waals surface area contributed by atoms with E-state index in [-0.39, 0.29) is 6.10 Å². The largest absolute Gasteiger partial charge is 0.377 e. The lowest BCUT2D eigenvalue weighted by Crippen LogP contribution is -2.51. The third kappa shape index (κ3) is 2.08. The molecule has 0 aromatic carbocycles. The topological polar surface area (TPSA) is 47.7 Å². The van der Waals surface area contributed by atoms with Crippen LogP contribution in [-0.4, -0.2) is 56.0 Å². The summed E-state index contributed by atoms with van der Waals surface area (Å²) in [5, 5.41) is 0. The lowest BCUT2D eigenvalue weighted by Gasteiger charge is -2.37. The summed E-state index contributed by atoms with van der Waals surface area (Å²) in [7, 11) is 0. The van der Waals surface area contributed by atoms with Gasteiger partial charge >= 0.3 is 0 Å². The third-order valence-electron chi connectivity index (χ3n) is 3.24. The summed E-state index contributed by atoms with van der Waals surface area (Å²) >= 11 is 0. The smallest absolute Gasteiger partial charge is 0.0824 e. The Morgan fingerprint density at radius 1 is 1.36 bits per heavy atom. The number of rotatable bonds is 2. The summed E-state index contributed by atoms with van der Waals surface area (Å²) in [4.78, 5) is 2.47. The first-order chi connectivity index (χ1) is 6.81. The zero-order valence-corrected chi connectivity index (χ0v) is 8.82. The molecule has 0 amide bonds. The molecule has 2 rings (SSSR count). The van der Waals surface area contributed by atoms with E-state index >= 15 is 0 Å². The number of nitrogens with zero attached hydrogens (tertiary/aromatic N) is 1. The fourth-order valence-electron chi connectivity index (χ4n) is 2.39. The minimum atomic E-state index is 0.219. The van der Waals surface area contributed by atoms with Gasteiger partial charge in [0.15, 0.2) is 0 Å². The van der Waals surface area contributed by atoms with E-state index in [1.807, 2.05) is 0 Å². The van der Waals surface area contributed by atoms with Gasteiger partial charge in [0.25, 0.3) is 0 Å². The van der Waals surface area contributed by atoms with Crippen LogP contribution in [0.25, 0.3) is 0 Å². The minimum Gasteiger partial charge on any atom is -0.377 e. The van der Waals surface area contributed by atoms with Crippen LogP contribution in [0.3, 0.4) is 0 Å². The maximum Gasteiger partial charge on any atom is 0.0824 e. The second-order valence-corrected chi connectivity index (χ2v) is 4.16. The molecule has 0 spiro atoms. The average Bonchev–Trinajstić information content (AvgIpc) is 2.65. The quantitative estimate of drug-likeness (QED) is 0.672. The van der Waals surface area contributed by atoms with Crippen LogP contribution in [0.4, 0.5) is 0 Å². The van der Waals surface area contributed by atoms with E-state index in [1.54, 1.807) is 0 Å². The van der Waals surface area contributed by atoms with Crippen LogP contribution in [0, 0.1) is 0 Å². The summed E-state index contributed by atoms with van der Waals surface area (Å²) < 4.78 is 11.1. The van der Waals surface area contributed by atoms with Crippen LogP contribution < -0.4 is 5.73 Å². The molecule has 0 aliphatic carbocycles. The van der Waals surface area contributed by atoms with Gasteiger partial charge in [-0.05, 0) is 13.3 Å². The Hall–Kier alpha value is -0.160. The molecule has 0 aromatic rings. The van der Waals surface area contributed by atoms with Gasteiger partial charge in [-0.3, -0.25) is 4.90 Å². The SMILES string of the molecule is CC1OCCC1N1CCOC(CN)C1. The van der Waals surface area contributed by atoms with E-state index in [0.717, 1.165) is 32.7 Å². The van der Waals surface area contributed by atoms with Gasteiger partial charge in [0.05, 0.1) is 18.8 Å². The molecule has 2 heterocycles. The Morgan fingerprint density at radius 2 is 2.21 bits per heavy atom. The summed E-state index contributed by atoms with van der Waals surface area (Å²) in [6.07, 6.45) is 1.74. The van der Waals surface area contributed by atoms with E-state index in [9.17, 15) is 0 Å². The van der Waals surface area contributed by atoms with E-state index in [1.165, 1.54) is 0 Å². The molecule has 0 aromatic heterocycles. The van der Waals surface area contributed by atoms with Crippen molar-refractivity contribution < 1.29 is 9.47 Å². The van der Waals surface area contributed by atoms with Crippen LogP contribution >= 0.6 is 0 Å². The van der Waals surface area contributed by atoms with Crippen molar-refractivity contribution in [3.05, 3.63) is 0 Å². The number of hydrogen-bond acceptors (Lipinski definition) is 4. The third-order valence-corrected chi connectivity index (χ3v) is 3.24. The first-order valence-corrected chi connectivity index (χ1v) is 5.48. The normalized spacial score (nSPS) is 40.3. The Bertz CT molecular complexity index is 189. The van der Waals surface area contributed by atoms with Gasteiger partial charge in [0.1, 0.15) is 0 Å². The lowest BCUT2D eigenvalue weighted by molar-refractivity contribution is -0.0480. The van der Waals surface area contributed by atoms with E-state index in [2.05, 4.69) is 11.8 Å². The van der Waals surface area contributed by atoms with Gasteiger partial charge < -0.3 is 15.2 Å². The molecule has 4 nitrogen and oxygen atoms in total. The first-order valence-electron chi connectivity index (χ1n) is 5.48. The van der Waals surface area contributed by atoms with E-state index in [0.29, 0.717) is 18.7 Å². The summed E-state index contributed by atoms with van der Waals surface area (Å²) in [6, 6.07) is 0.577. The van der Waals surface area contributed by atoms with Gasteiger partial charge in [-0.2, -0.15) is 0 Å². The molecule has 3 atom stereocenters. The fourth-order valence-corrected chi connectivity index (χ4v) is 2.39. The van der Waals surface area contributed by atoms with Crippen molar-refractivity contribution in [2.45, 2.75) is 31.6 Å².